The van der Waals surface area contributed by atoms with Gasteiger partial charge in [-0.25, -0.2) is 4.98 Å². The number of rotatable bonds is 14. The molecule has 0 radical (unpaired) electrons. The zero-order valence-electron chi connectivity index (χ0n) is 29.7. The topological polar surface area (TPSA) is 116 Å². The minimum absolute atomic E-state index is 0.220. The molecular weight excluding hydrogens is 637 g/mol. The highest BCUT2D eigenvalue weighted by atomic mass is 32.1. The third kappa shape index (κ3) is 7.75. The molecule has 1 aliphatic carbocycles. The summed E-state index contributed by atoms with van der Waals surface area (Å²) in [5.74, 6) is -0.282. The van der Waals surface area contributed by atoms with Crippen molar-refractivity contribution in [2.75, 3.05) is 44.8 Å². The molecule has 2 N–H and O–H groups in total. The first kappa shape index (κ1) is 35.2. The molecule has 4 aromatic rings. The third-order valence-electron chi connectivity index (χ3n) is 9.88. The van der Waals surface area contributed by atoms with Crippen molar-refractivity contribution in [2.24, 2.45) is 11.1 Å². The Balaban J connectivity index is 1.50. The number of nitrogens with zero attached hydrogens (tertiary/aromatic N) is 5. The van der Waals surface area contributed by atoms with E-state index < -0.39 is 6.04 Å². The molecule has 1 aromatic carbocycles. The van der Waals surface area contributed by atoms with Crippen molar-refractivity contribution in [2.45, 2.75) is 85.0 Å². The Labute approximate surface area is 293 Å². The molecule has 4 heterocycles. The van der Waals surface area contributed by atoms with Gasteiger partial charge >= 0.3 is 5.97 Å². The number of thiazole rings is 1. The first-order valence-corrected chi connectivity index (χ1v) is 18.4. The fraction of sp³-hybridized carbons (Fsp3) is 0.526. The molecule has 0 spiro atoms. The molecule has 1 saturated heterocycles. The molecule has 11 heteroatoms. The summed E-state index contributed by atoms with van der Waals surface area (Å²) in [5.41, 5.74) is 13.9. The van der Waals surface area contributed by atoms with Gasteiger partial charge in [0, 0.05) is 92.0 Å². The Morgan fingerprint density at radius 1 is 1.18 bits per heavy atom. The number of aryl methyl sites for hydroxylation is 1. The number of hydrogen-bond acceptors (Lipinski definition) is 10. The van der Waals surface area contributed by atoms with Gasteiger partial charge in [-0.1, -0.05) is 19.9 Å². The maximum absolute atomic E-state index is 11.9. The smallest absolute Gasteiger partial charge is 0.302 e. The van der Waals surface area contributed by atoms with Gasteiger partial charge in [-0.3, -0.25) is 14.7 Å². The van der Waals surface area contributed by atoms with Crippen LogP contribution < -0.4 is 10.6 Å². The van der Waals surface area contributed by atoms with Crippen LogP contribution >= 0.6 is 11.3 Å². The molecule has 262 valence electrons. The summed E-state index contributed by atoms with van der Waals surface area (Å²) in [7, 11) is 1.73. The molecule has 10 nitrogen and oxygen atoms in total. The van der Waals surface area contributed by atoms with E-state index in [1.165, 1.54) is 36.7 Å². The molecule has 49 heavy (non-hydrogen) atoms. The van der Waals surface area contributed by atoms with E-state index in [9.17, 15) is 9.59 Å². The monoisotopic (exact) mass is 686 g/mol. The lowest BCUT2D eigenvalue weighted by molar-refractivity contribution is -0.143. The average molecular weight is 687 g/mol. The van der Waals surface area contributed by atoms with E-state index in [-0.39, 0.29) is 17.5 Å². The predicted octanol–water partition coefficient (Wildman–Crippen LogP) is 6.04. The van der Waals surface area contributed by atoms with Crippen molar-refractivity contribution < 1.29 is 19.1 Å². The molecular formula is C38H50N6O4S. The van der Waals surface area contributed by atoms with Crippen molar-refractivity contribution in [3.05, 3.63) is 52.1 Å². The second-order valence-corrected chi connectivity index (χ2v) is 15.3. The lowest BCUT2D eigenvalue weighted by Gasteiger charge is -2.36. The van der Waals surface area contributed by atoms with Gasteiger partial charge in [0.1, 0.15) is 6.29 Å². The highest BCUT2D eigenvalue weighted by Gasteiger charge is 2.33. The number of esters is 1. The van der Waals surface area contributed by atoms with Gasteiger partial charge in [-0.2, -0.15) is 0 Å². The number of aldehydes is 1. The molecule has 0 bridgehead atoms. The fourth-order valence-corrected chi connectivity index (χ4v) is 7.94. The maximum Gasteiger partial charge on any atom is 0.302 e. The number of carbonyl (C=O) groups is 2. The van der Waals surface area contributed by atoms with Crippen molar-refractivity contribution in [1.82, 2.24) is 19.4 Å². The Morgan fingerprint density at radius 2 is 1.94 bits per heavy atom. The number of ether oxygens (including phenoxy) is 2. The lowest BCUT2D eigenvalue weighted by atomic mass is 9.84. The van der Waals surface area contributed by atoms with Gasteiger partial charge in [0.2, 0.25) is 0 Å². The summed E-state index contributed by atoms with van der Waals surface area (Å²) in [6.07, 6.45) is 6.30. The zero-order chi connectivity index (χ0) is 34.9. The Kier molecular flexibility index (Phi) is 10.5. The van der Waals surface area contributed by atoms with Crippen LogP contribution in [0.15, 0.2) is 35.8 Å². The van der Waals surface area contributed by atoms with E-state index in [2.05, 4.69) is 66.3 Å². The van der Waals surface area contributed by atoms with Crippen molar-refractivity contribution in [3.8, 4) is 22.5 Å². The highest BCUT2D eigenvalue weighted by Crippen LogP contribution is 2.43. The average Bonchev–Trinajstić information content (AvgIpc) is 3.78. The molecule has 1 aliphatic heterocycles. The Hall–Kier alpha value is -3.64. The van der Waals surface area contributed by atoms with Crippen LogP contribution in [-0.2, 0) is 38.4 Å². The van der Waals surface area contributed by atoms with Crippen LogP contribution in [0.4, 0.5) is 5.69 Å². The number of anilines is 1. The number of carbonyl (C=O) groups excluding carboxylic acids is 2. The highest BCUT2D eigenvalue weighted by molar-refractivity contribution is 7.10. The van der Waals surface area contributed by atoms with E-state index in [0.717, 1.165) is 94.9 Å². The quantitative estimate of drug-likeness (QED) is 0.125. The summed E-state index contributed by atoms with van der Waals surface area (Å²) in [6, 6.07) is 9.06. The van der Waals surface area contributed by atoms with Crippen LogP contribution in [0.1, 0.15) is 69.8 Å². The maximum atomic E-state index is 11.9. The van der Waals surface area contributed by atoms with E-state index in [0.29, 0.717) is 19.4 Å². The van der Waals surface area contributed by atoms with Crippen LogP contribution in [0.3, 0.4) is 0 Å². The molecule has 1 saturated carbocycles. The zero-order valence-corrected chi connectivity index (χ0v) is 30.5. The number of pyridine rings is 1. The first-order valence-electron chi connectivity index (χ1n) is 17.5. The van der Waals surface area contributed by atoms with Crippen LogP contribution in [0, 0.1) is 5.41 Å². The minimum atomic E-state index is -0.566. The molecule has 3 aromatic heterocycles. The summed E-state index contributed by atoms with van der Waals surface area (Å²) in [6.45, 7) is 15.1. The van der Waals surface area contributed by atoms with E-state index in [4.69, 9.17) is 25.2 Å². The SMILES string of the molecule is CCn1c(-c2cc(N3CCN(C4CC4)CC3)cnc2C(C)OC)c(CC(C)(C)COC(C)=O)c2cc(-c3csc(CC(N)C=O)n3)ccc21. The summed E-state index contributed by atoms with van der Waals surface area (Å²) in [4.78, 5) is 38.1. The Bertz CT molecular complexity index is 1800. The number of nitrogens with two attached hydrogens (primary N) is 1. The van der Waals surface area contributed by atoms with E-state index >= 15 is 0 Å². The van der Waals surface area contributed by atoms with Crippen LogP contribution in [-0.4, -0.2) is 83.7 Å². The first-order chi connectivity index (χ1) is 23.5. The molecule has 2 unspecified atom stereocenters. The van der Waals surface area contributed by atoms with E-state index in [1.807, 2.05) is 11.6 Å². The van der Waals surface area contributed by atoms with Gasteiger partial charge in [0.15, 0.2) is 0 Å². The van der Waals surface area contributed by atoms with Gasteiger partial charge < -0.3 is 29.5 Å². The molecule has 2 aliphatic rings. The van der Waals surface area contributed by atoms with Gasteiger partial charge in [-0.15, -0.1) is 11.3 Å². The summed E-state index contributed by atoms with van der Waals surface area (Å²) >= 11 is 1.52. The van der Waals surface area contributed by atoms with Gasteiger partial charge in [0.25, 0.3) is 0 Å². The van der Waals surface area contributed by atoms with Crippen molar-refractivity contribution >= 4 is 40.2 Å². The molecule has 2 atom stereocenters. The lowest BCUT2D eigenvalue weighted by Crippen LogP contribution is -2.47. The van der Waals surface area contributed by atoms with Gasteiger partial charge in [-0.05, 0) is 56.9 Å². The fourth-order valence-electron chi connectivity index (χ4n) is 7.06. The largest absolute Gasteiger partial charge is 0.465 e. The summed E-state index contributed by atoms with van der Waals surface area (Å²) in [5, 5.41) is 4.00. The molecule has 2 fully saturated rings. The number of piperazine rings is 1. The number of hydrogen-bond donors (Lipinski definition) is 1. The summed E-state index contributed by atoms with van der Waals surface area (Å²) < 4.78 is 13.9. The van der Waals surface area contributed by atoms with Crippen LogP contribution in [0.2, 0.25) is 0 Å². The van der Waals surface area contributed by atoms with Gasteiger partial charge in [0.05, 0.1) is 52.7 Å². The predicted molar refractivity (Wildman–Crippen MR) is 196 cm³/mol. The number of fused-ring (bicyclic) bond motifs is 1. The molecule has 6 rings (SSSR count). The van der Waals surface area contributed by atoms with Crippen LogP contribution in [0.5, 0.6) is 0 Å². The number of methoxy groups -OCH3 is 1. The molecule has 0 amide bonds. The number of benzene rings is 1. The Morgan fingerprint density at radius 3 is 2.59 bits per heavy atom. The van der Waals surface area contributed by atoms with E-state index in [1.54, 1.807) is 7.11 Å². The second-order valence-electron chi connectivity index (χ2n) is 14.3. The standard InChI is InChI=1S/C38H50N6O4S/c1-7-44-34-11-8-26(33-22-49-35(41-33)17-27(39)21-45)16-30(34)32(19-38(4,5)23-48-25(3)46)37(44)31-18-29(20-40-36(31)24(2)47-6)43-14-12-42(13-15-43)28-9-10-28/h8,11,16,18,20-22,24,27-28H,7,9-10,12-15,17,19,23,39H2,1-6H3. The van der Waals surface area contributed by atoms with Crippen molar-refractivity contribution in [3.63, 3.8) is 0 Å². The minimum Gasteiger partial charge on any atom is -0.465 e. The number of aromatic nitrogens is 3. The van der Waals surface area contributed by atoms with Crippen molar-refractivity contribution in [1.29, 1.82) is 0 Å². The second kappa shape index (κ2) is 14.7. The third-order valence-corrected chi connectivity index (χ3v) is 10.8. The van der Waals surface area contributed by atoms with Crippen LogP contribution in [0.25, 0.3) is 33.4 Å². The normalized spacial score (nSPS) is 17.0.